The topological polar surface area (TPSA) is 204 Å². The number of ether oxygens (including phenoxy) is 1. The van der Waals surface area contributed by atoms with E-state index in [9.17, 15) is 57.6 Å². The van der Waals surface area contributed by atoms with E-state index in [2.05, 4.69) is 5.32 Å². The van der Waals surface area contributed by atoms with Crippen molar-refractivity contribution in [3.63, 3.8) is 0 Å². The Bertz CT molecular complexity index is 2230. The van der Waals surface area contributed by atoms with Crippen LogP contribution < -0.4 is 10.1 Å². The molecule has 19 heteroatoms. The quantitative estimate of drug-likeness (QED) is 0.0599. The predicted molar refractivity (Wildman–Crippen MR) is 253 cm³/mol. The van der Waals surface area contributed by atoms with Crippen LogP contribution in [0.25, 0.3) is 23.3 Å². The predicted octanol–water partition coefficient (Wildman–Crippen LogP) is 5.78. The molecule has 2 aliphatic heterocycles. The van der Waals surface area contributed by atoms with Crippen LogP contribution in [0.5, 0.6) is 5.75 Å². The van der Waals surface area contributed by atoms with E-state index in [1.165, 1.54) is 12.1 Å². The van der Waals surface area contributed by atoms with Crippen LogP contribution in [0.15, 0.2) is 60.7 Å². The summed E-state index contributed by atoms with van der Waals surface area (Å²) in [5.74, 6) is -4.28. The zero-order valence-corrected chi connectivity index (χ0v) is 39.2. The Morgan fingerprint density at radius 1 is 0.696 bits per heavy atom. The van der Waals surface area contributed by atoms with Crippen LogP contribution in [-0.2, 0) is 36.7 Å². The van der Waals surface area contributed by atoms with E-state index in [0.717, 1.165) is 34.7 Å². The third-order valence-electron chi connectivity index (χ3n) is 12.4. The maximum absolute atomic E-state index is 14.8. The molecule has 0 radical (unpaired) electrons. The Morgan fingerprint density at radius 3 is 1.91 bits per heavy atom. The molecule has 0 aromatic heterocycles. The Kier molecular flexibility index (Phi) is 21.0. The van der Waals surface area contributed by atoms with Crippen molar-refractivity contribution >= 4 is 41.9 Å². The van der Waals surface area contributed by atoms with Crippen LogP contribution in [0.2, 0.25) is 0 Å². The molecule has 1 atom stereocenters. The SMILES string of the molecule is Cc1c(/C=C/c2cc(OCCCCCCNC(=O)CN3CCN(CC(=O)O)CCN(CC(=O)O)CN(CC(=O)O)CC3)c(CN3CCCC[C@H]3C(=O)O)cc2C(F)(F)F)cccc1-c1ccccc1. The summed E-state index contributed by atoms with van der Waals surface area (Å²) in [6.45, 7) is 3.46. The minimum absolute atomic E-state index is 0.0224. The molecule has 2 heterocycles. The molecule has 0 bridgehead atoms. The Morgan fingerprint density at radius 2 is 1.29 bits per heavy atom. The number of unbranched alkanes of at least 4 members (excludes halogenated alkanes) is 3. The number of likely N-dealkylation sites (tertiary alicyclic amines) is 1. The van der Waals surface area contributed by atoms with Crippen LogP contribution in [0, 0.1) is 6.92 Å². The van der Waals surface area contributed by atoms with Crippen LogP contribution in [0.1, 0.15) is 72.8 Å². The van der Waals surface area contributed by atoms with Crippen molar-refractivity contribution in [1.82, 2.24) is 29.8 Å². The molecule has 2 fully saturated rings. The van der Waals surface area contributed by atoms with E-state index >= 15 is 0 Å². The van der Waals surface area contributed by atoms with Gasteiger partial charge in [-0.1, -0.05) is 79.9 Å². The molecule has 0 spiro atoms. The van der Waals surface area contributed by atoms with Gasteiger partial charge < -0.3 is 30.5 Å². The number of carbonyl (C=O) groups is 5. The lowest BCUT2D eigenvalue weighted by molar-refractivity contribution is -0.145. The first-order chi connectivity index (χ1) is 33.0. The van der Waals surface area contributed by atoms with Crippen molar-refractivity contribution < 1.29 is 62.3 Å². The van der Waals surface area contributed by atoms with E-state index in [1.807, 2.05) is 60.4 Å². The van der Waals surface area contributed by atoms with Gasteiger partial charge in [-0.25, -0.2) is 0 Å². The van der Waals surface area contributed by atoms with Gasteiger partial charge in [0.1, 0.15) is 11.8 Å². The van der Waals surface area contributed by atoms with E-state index in [-0.39, 0.29) is 102 Å². The monoisotopic (exact) mass is 966 g/mol. The molecule has 3 aromatic rings. The number of alkyl halides is 3. The van der Waals surface area contributed by atoms with Crippen molar-refractivity contribution in [2.45, 2.75) is 70.6 Å². The zero-order valence-electron chi connectivity index (χ0n) is 39.2. The highest BCUT2D eigenvalue weighted by atomic mass is 19.4. The first-order valence-electron chi connectivity index (χ1n) is 23.4. The number of carboxylic acid groups (broad SMARTS) is 4. The molecule has 376 valence electrons. The number of nitrogens with one attached hydrogen (secondary N) is 1. The number of benzene rings is 3. The van der Waals surface area contributed by atoms with Crippen molar-refractivity contribution in [2.24, 2.45) is 0 Å². The van der Waals surface area contributed by atoms with Gasteiger partial charge in [0, 0.05) is 57.9 Å². The first kappa shape index (κ1) is 54.1. The lowest BCUT2D eigenvalue weighted by Crippen LogP contribution is -2.47. The first-order valence-corrected chi connectivity index (χ1v) is 23.4. The number of rotatable bonds is 22. The molecule has 0 aliphatic carbocycles. The van der Waals surface area contributed by atoms with E-state index in [0.29, 0.717) is 58.2 Å². The average molecular weight is 967 g/mol. The lowest BCUT2D eigenvalue weighted by atomic mass is 9.95. The summed E-state index contributed by atoms with van der Waals surface area (Å²) in [7, 11) is 0. The van der Waals surface area contributed by atoms with E-state index < -0.39 is 41.7 Å². The second kappa shape index (κ2) is 26.8. The highest BCUT2D eigenvalue weighted by Crippen LogP contribution is 2.38. The van der Waals surface area contributed by atoms with Gasteiger partial charge in [0.25, 0.3) is 0 Å². The van der Waals surface area contributed by atoms with Gasteiger partial charge >= 0.3 is 30.1 Å². The molecular formula is C50H65F3N6O10. The van der Waals surface area contributed by atoms with Crippen LogP contribution >= 0.6 is 0 Å². The van der Waals surface area contributed by atoms with Gasteiger partial charge in [0.15, 0.2) is 0 Å². The van der Waals surface area contributed by atoms with E-state index in [1.54, 1.807) is 25.7 Å². The van der Waals surface area contributed by atoms with Gasteiger partial charge in [0.05, 0.1) is 45.0 Å². The maximum Gasteiger partial charge on any atom is 0.417 e. The van der Waals surface area contributed by atoms with Crippen molar-refractivity contribution in [3.05, 3.63) is 88.5 Å². The van der Waals surface area contributed by atoms with Gasteiger partial charge in [-0.15, -0.1) is 0 Å². The molecule has 5 rings (SSSR count). The number of hydrogen-bond donors (Lipinski definition) is 5. The number of halogens is 3. The number of carboxylic acids is 4. The number of hydrogen-bond acceptors (Lipinski definition) is 11. The Labute approximate surface area is 400 Å². The van der Waals surface area contributed by atoms with Crippen LogP contribution in [-0.4, -0.2) is 173 Å². The molecule has 5 N–H and O–H groups in total. The van der Waals surface area contributed by atoms with Gasteiger partial charge in [-0.05, 0) is 79.1 Å². The fourth-order valence-corrected chi connectivity index (χ4v) is 8.80. The van der Waals surface area contributed by atoms with Crippen molar-refractivity contribution in [3.8, 4) is 16.9 Å². The molecule has 2 aliphatic rings. The average Bonchev–Trinajstić information content (AvgIpc) is 3.32. The summed E-state index contributed by atoms with van der Waals surface area (Å²) in [6.07, 6.45) is 2.83. The summed E-state index contributed by atoms with van der Waals surface area (Å²) < 4.78 is 50.7. The molecule has 0 unspecified atom stereocenters. The van der Waals surface area contributed by atoms with Crippen molar-refractivity contribution in [2.75, 3.05) is 91.8 Å². The number of piperidine rings is 1. The molecule has 0 saturated carbocycles. The van der Waals surface area contributed by atoms with Gasteiger partial charge in [0.2, 0.25) is 5.91 Å². The molecule has 3 aromatic carbocycles. The van der Waals surface area contributed by atoms with Gasteiger partial charge in [-0.2, -0.15) is 13.2 Å². The number of carbonyl (C=O) groups excluding carboxylic acids is 1. The summed E-state index contributed by atoms with van der Waals surface area (Å²) in [6, 6.07) is 17.1. The highest BCUT2D eigenvalue weighted by Gasteiger charge is 2.35. The minimum atomic E-state index is -4.71. The van der Waals surface area contributed by atoms with Gasteiger partial charge in [-0.3, -0.25) is 48.5 Å². The highest BCUT2D eigenvalue weighted by molar-refractivity contribution is 5.79. The lowest BCUT2D eigenvalue weighted by Gasteiger charge is -2.33. The summed E-state index contributed by atoms with van der Waals surface area (Å²) in [5.41, 5.74) is 2.94. The number of amides is 1. The fourth-order valence-electron chi connectivity index (χ4n) is 8.80. The molecule has 16 nitrogen and oxygen atoms in total. The normalized spacial score (nSPS) is 17.6. The summed E-state index contributed by atoms with van der Waals surface area (Å²) in [5, 5.41) is 41.3. The standard InChI is InChI=1S/C50H65F3N6O10/c1-36-37(14-11-15-41(36)38-12-5-4-6-13-38)17-18-39-29-44(40(28-42(39)50(51,52)53)30-59-20-9-7-16-43(59)49(67)68)69-27-10-3-2-8-19-54-45(60)31-55-21-22-56(32-46(61)62)24-26-58(34-48(65)66)35-57(25-23-55)33-47(63)64/h4-6,11-15,17-18,28-29,43H,2-3,7-10,16,19-27,30-35H2,1H3,(H,54,60)(H,61,62)(H,63,64)(H,65,66)(H,67,68)/b18-17+/t43-/m0/s1. The fraction of sp³-hybridized carbons (Fsp3) is 0.500. The number of aliphatic carboxylic acids is 4. The third kappa shape index (κ3) is 17.9. The Hall–Kier alpha value is -5.86. The van der Waals surface area contributed by atoms with Crippen LogP contribution in [0.4, 0.5) is 13.2 Å². The van der Waals surface area contributed by atoms with Crippen molar-refractivity contribution in [1.29, 1.82) is 0 Å². The largest absolute Gasteiger partial charge is 0.493 e. The van der Waals surface area contributed by atoms with E-state index in [4.69, 9.17) is 4.74 Å². The van der Waals surface area contributed by atoms with Crippen LogP contribution in [0.3, 0.4) is 0 Å². The molecule has 1 amide bonds. The number of nitrogens with zero attached hydrogens (tertiary/aromatic N) is 5. The smallest absolute Gasteiger partial charge is 0.417 e. The third-order valence-corrected chi connectivity index (χ3v) is 12.4. The molecule has 2 saturated heterocycles. The zero-order chi connectivity index (χ0) is 49.9. The molecule has 69 heavy (non-hydrogen) atoms. The summed E-state index contributed by atoms with van der Waals surface area (Å²) >= 11 is 0. The Balaban J connectivity index is 1.20. The maximum atomic E-state index is 14.8. The second-order valence-electron chi connectivity index (χ2n) is 17.7. The summed E-state index contributed by atoms with van der Waals surface area (Å²) in [4.78, 5) is 68.3. The minimum Gasteiger partial charge on any atom is -0.493 e. The molecular weight excluding hydrogens is 902 g/mol. The second-order valence-corrected chi connectivity index (χ2v) is 17.7.